The third kappa shape index (κ3) is 1.61. The Bertz CT molecular complexity index is 426. The Morgan fingerprint density at radius 1 is 1.44 bits per heavy atom. The zero-order chi connectivity index (χ0) is 14.2. The lowest BCUT2D eigenvalue weighted by Crippen LogP contribution is -2.59. The monoisotopic (exact) mass is 278 g/mol. The van der Waals surface area contributed by atoms with Crippen molar-refractivity contribution in [3.05, 3.63) is 5.21 Å². The maximum atomic E-state index is 12.7. The van der Waals surface area contributed by atoms with Crippen LogP contribution >= 0.6 is 7.60 Å². The minimum Gasteiger partial charge on any atom is -0.624 e. The lowest BCUT2D eigenvalue weighted by Gasteiger charge is -2.39. The van der Waals surface area contributed by atoms with Crippen LogP contribution in [0.5, 0.6) is 0 Å². The SMILES string of the molecule is CNC(=O)C1(P(=O)(OC)OC)CC=[N+]([O-])C1(C)C. The number of nitrogens with one attached hydrogen (secondary N) is 1. The lowest BCUT2D eigenvalue weighted by atomic mass is 9.86. The molecule has 1 aliphatic heterocycles. The Hall–Kier alpha value is -0.910. The molecule has 0 aromatic carbocycles. The van der Waals surface area contributed by atoms with Gasteiger partial charge in [-0.15, -0.1) is 0 Å². The van der Waals surface area contributed by atoms with Crippen molar-refractivity contribution in [3.63, 3.8) is 0 Å². The van der Waals surface area contributed by atoms with E-state index in [4.69, 9.17) is 9.05 Å². The van der Waals surface area contributed by atoms with E-state index in [9.17, 15) is 14.6 Å². The van der Waals surface area contributed by atoms with E-state index in [-0.39, 0.29) is 6.42 Å². The van der Waals surface area contributed by atoms with Gasteiger partial charge in [0.05, 0.1) is 6.42 Å². The van der Waals surface area contributed by atoms with E-state index in [0.717, 1.165) is 0 Å². The van der Waals surface area contributed by atoms with Crippen LogP contribution in [0.15, 0.2) is 0 Å². The Morgan fingerprint density at radius 2 is 1.94 bits per heavy atom. The summed E-state index contributed by atoms with van der Waals surface area (Å²) in [6.45, 7) is 3.09. The van der Waals surface area contributed by atoms with Crippen LogP contribution in [-0.4, -0.2) is 48.8 Å². The molecule has 0 aromatic rings. The van der Waals surface area contributed by atoms with Crippen molar-refractivity contribution in [1.82, 2.24) is 5.32 Å². The van der Waals surface area contributed by atoms with Crippen molar-refractivity contribution < 1.29 is 23.1 Å². The number of carbonyl (C=O) groups is 1. The van der Waals surface area contributed by atoms with Crippen molar-refractivity contribution in [2.45, 2.75) is 31.0 Å². The van der Waals surface area contributed by atoms with Crippen LogP contribution in [0.2, 0.25) is 0 Å². The molecule has 8 heteroatoms. The van der Waals surface area contributed by atoms with E-state index in [1.54, 1.807) is 13.8 Å². The first-order valence-corrected chi connectivity index (χ1v) is 7.01. The van der Waals surface area contributed by atoms with Crippen LogP contribution in [0.3, 0.4) is 0 Å². The summed E-state index contributed by atoms with van der Waals surface area (Å²) in [6.07, 6.45) is 1.29. The molecule has 1 aliphatic rings. The summed E-state index contributed by atoms with van der Waals surface area (Å²) in [5, 5.41) is 12.7. The van der Waals surface area contributed by atoms with Crippen molar-refractivity contribution in [2.24, 2.45) is 0 Å². The van der Waals surface area contributed by atoms with Crippen molar-refractivity contribution in [1.29, 1.82) is 0 Å². The fourth-order valence-electron chi connectivity index (χ4n) is 2.41. The minimum absolute atomic E-state index is 0.00211. The van der Waals surface area contributed by atoms with E-state index in [0.29, 0.717) is 4.74 Å². The Labute approximate surface area is 106 Å². The molecule has 1 amide bonds. The maximum absolute atomic E-state index is 12.7. The van der Waals surface area contributed by atoms with Gasteiger partial charge in [-0.3, -0.25) is 9.36 Å². The molecule has 104 valence electrons. The van der Waals surface area contributed by atoms with Gasteiger partial charge in [-0.2, -0.15) is 0 Å². The lowest BCUT2D eigenvalue weighted by molar-refractivity contribution is -0.530. The molecule has 1 atom stereocenters. The van der Waals surface area contributed by atoms with E-state index in [1.165, 1.54) is 27.5 Å². The molecular formula is C10H19N2O5P. The van der Waals surface area contributed by atoms with Gasteiger partial charge in [-0.1, -0.05) is 0 Å². The summed E-state index contributed by atoms with van der Waals surface area (Å²) in [5.41, 5.74) is -1.23. The minimum atomic E-state index is -3.78. The summed E-state index contributed by atoms with van der Waals surface area (Å²) < 4.78 is 23.3. The predicted molar refractivity (Wildman–Crippen MR) is 66.8 cm³/mol. The average molecular weight is 278 g/mol. The summed E-state index contributed by atoms with van der Waals surface area (Å²) in [4.78, 5) is 12.2. The Balaban J connectivity index is 3.50. The molecule has 0 saturated heterocycles. The highest BCUT2D eigenvalue weighted by Crippen LogP contribution is 2.66. The molecule has 1 rings (SSSR count). The number of nitrogens with zero attached hydrogens (tertiary/aromatic N) is 1. The van der Waals surface area contributed by atoms with Gasteiger partial charge in [-0.25, -0.2) is 4.74 Å². The van der Waals surface area contributed by atoms with Gasteiger partial charge in [-0.05, 0) is 0 Å². The molecule has 0 bridgehead atoms. The van der Waals surface area contributed by atoms with Gasteiger partial charge < -0.3 is 19.6 Å². The number of hydrogen-bond donors (Lipinski definition) is 1. The second kappa shape index (κ2) is 4.64. The smallest absolute Gasteiger partial charge is 0.353 e. The van der Waals surface area contributed by atoms with Crippen LogP contribution in [0.1, 0.15) is 20.3 Å². The van der Waals surface area contributed by atoms with E-state index in [1.807, 2.05) is 0 Å². The highest BCUT2D eigenvalue weighted by atomic mass is 31.2. The van der Waals surface area contributed by atoms with Gasteiger partial charge in [0, 0.05) is 35.1 Å². The quantitative estimate of drug-likeness (QED) is 0.465. The zero-order valence-corrected chi connectivity index (χ0v) is 12.1. The standard InChI is InChI=1S/C10H19N2O5P/c1-9(2)10(8(13)11-3,6-7-12(9)14)18(15,16-4)17-5/h7H,6H2,1-5H3,(H,11,13). The van der Waals surface area contributed by atoms with Gasteiger partial charge >= 0.3 is 7.60 Å². The number of carbonyl (C=O) groups excluding carboxylic acids is 1. The third-order valence-corrected chi connectivity index (χ3v) is 6.50. The van der Waals surface area contributed by atoms with Crippen molar-refractivity contribution in [3.8, 4) is 0 Å². The molecule has 1 heterocycles. The van der Waals surface area contributed by atoms with Crippen LogP contribution in [-0.2, 0) is 18.4 Å². The zero-order valence-electron chi connectivity index (χ0n) is 11.2. The molecule has 0 saturated carbocycles. The van der Waals surface area contributed by atoms with Gasteiger partial charge in [0.2, 0.25) is 11.1 Å². The number of hydrogen-bond acceptors (Lipinski definition) is 5. The first kappa shape index (κ1) is 15.1. The van der Waals surface area contributed by atoms with Crippen molar-refractivity contribution >= 4 is 19.7 Å². The molecule has 18 heavy (non-hydrogen) atoms. The molecule has 0 aromatic heterocycles. The fraction of sp³-hybridized carbons (Fsp3) is 0.800. The number of rotatable bonds is 4. The molecular weight excluding hydrogens is 259 g/mol. The van der Waals surface area contributed by atoms with Crippen molar-refractivity contribution in [2.75, 3.05) is 21.3 Å². The number of amides is 1. The molecule has 0 fully saturated rings. The molecule has 0 radical (unpaired) electrons. The Kier molecular flexibility index (Phi) is 3.91. The van der Waals surface area contributed by atoms with Crippen LogP contribution < -0.4 is 5.32 Å². The molecule has 1 N–H and O–H groups in total. The van der Waals surface area contributed by atoms with E-state index >= 15 is 0 Å². The Morgan fingerprint density at radius 3 is 2.22 bits per heavy atom. The van der Waals surface area contributed by atoms with Gasteiger partial charge in [0.1, 0.15) is 0 Å². The van der Waals surface area contributed by atoms with Crippen LogP contribution in [0.25, 0.3) is 0 Å². The largest absolute Gasteiger partial charge is 0.624 e. The van der Waals surface area contributed by atoms with Gasteiger partial charge in [0.15, 0.2) is 11.8 Å². The second-order valence-electron chi connectivity index (χ2n) is 4.57. The third-order valence-electron chi connectivity index (χ3n) is 3.67. The first-order valence-electron chi connectivity index (χ1n) is 5.47. The van der Waals surface area contributed by atoms with E-state index < -0.39 is 24.2 Å². The molecule has 0 aliphatic carbocycles. The summed E-state index contributed by atoms with van der Waals surface area (Å²) >= 11 is 0. The summed E-state index contributed by atoms with van der Waals surface area (Å²) in [7, 11) is 0.0574. The normalized spacial score (nSPS) is 26.8. The van der Waals surface area contributed by atoms with Crippen LogP contribution in [0, 0.1) is 5.21 Å². The second-order valence-corrected chi connectivity index (χ2v) is 7.06. The predicted octanol–water partition coefficient (Wildman–Crippen LogP) is 0.720. The first-order chi connectivity index (χ1) is 8.23. The molecule has 7 nitrogen and oxygen atoms in total. The average Bonchev–Trinajstić information content (AvgIpc) is 2.60. The maximum Gasteiger partial charge on any atom is 0.353 e. The summed E-state index contributed by atoms with van der Waals surface area (Å²) in [5.74, 6) is -0.533. The summed E-state index contributed by atoms with van der Waals surface area (Å²) in [6, 6.07) is 0. The fourth-order valence-corrected chi connectivity index (χ4v) is 4.62. The van der Waals surface area contributed by atoms with E-state index in [2.05, 4.69) is 5.32 Å². The number of hydroxylamine groups is 1. The van der Waals surface area contributed by atoms with Crippen LogP contribution in [0.4, 0.5) is 0 Å². The highest BCUT2D eigenvalue weighted by Gasteiger charge is 2.72. The highest BCUT2D eigenvalue weighted by molar-refractivity contribution is 7.57. The molecule has 0 spiro atoms. The molecule has 1 unspecified atom stereocenters. The topological polar surface area (TPSA) is 90.7 Å². The van der Waals surface area contributed by atoms with Gasteiger partial charge in [0.25, 0.3) is 0 Å².